The predicted octanol–water partition coefficient (Wildman–Crippen LogP) is 3.56. The van der Waals surface area contributed by atoms with E-state index < -0.39 is 0 Å². The maximum absolute atomic E-state index is 12.0. The summed E-state index contributed by atoms with van der Waals surface area (Å²) in [5, 5.41) is 8.59. The second kappa shape index (κ2) is 8.77. The van der Waals surface area contributed by atoms with E-state index in [0.29, 0.717) is 5.13 Å². The molecule has 4 nitrogen and oxygen atoms in total. The third-order valence-electron chi connectivity index (χ3n) is 2.90. The maximum Gasteiger partial charge on any atom is 0.243 e. The van der Waals surface area contributed by atoms with Crippen LogP contribution in [0.4, 0.5) is 5.13 Å². The Balaban J connectivity index is 0.00000220. The number of aromatic nitrogens is 1. The van der Waals surface area contributed by atoms with Crippen LogP contribution in [0.5, 0.6) is 0 Å². The van der Waals surface area contributed by atoms with Crippen molar-refractivity contribution >= 4 is 34.8 Å². The molecule has 1 unspecified atom stereocenters. The molecule has 0 bridgehead atoms. The molecule has 21 heavy (non-hydrogen) atoms. The predicted molar refractivity (Wildman–Crippen MR) is 91.2 cm³/mol. The van der Waals surface area contributed by atoms with Crippen LogP contribution >= 0.6 is 23.7 Å². The Morgan fingerprint density at radius 1 is 1.33 bits per heavy atom. The van der Waals surface area contributed by atoms with E-state index in [1.54, 1.807) is 0 Å². The van der Waals surface area contributed by atoms with Gasteiger partial charge in [-0.25, -0.2) is 4.98 Å². The van der Waals surface area contributed by atoms with Gasteiger partial charge in [0, 0.05) is 10.9 Å². The fraction of sp³-hybridized carbons (Fsp3) is 0.333. The van der Waals surface area contributed by atoms with Crippen LogP contribution in [0.25, 0.3) is 11.3 Å². The molecular formula is C15H20ClN3OS. The number of carbonyl (C=O) groups is 1. The van der Waals surface area contributed by atoms with Crippen molar-refractivity contribution in [2.24, 2.45) is 0 Å². The zero-order valence-corrected chi connectivity index (χ0v) is 13.8. The summed E-state index contributed by atoms with van der Waals surface area (Å²) in [6.45, 7) is 4.77. The number of nitrogens with zero attached hydrogens (tertiary/aromatic N) is 1. The van der Waals surface area contributed by atoms with E-state index in [1.165, 1.54) is 11.3 Å². The quantitative estimate of drug-likeness (QED) is 0.854. The third kappa shape index (κ3) is 5.12. The highest BCUT2D eigenvalue weighted by atomic mass is 35.5. The molecule has 1 heterocycles. The van der Waals surface area contributed by atoms with E-state index in [2.05, 4.69) is 22.5 Å². The molecule has 1 amide bonds. The summed E-state index contributed by atoms with van der Waals surface area (Å²) in [7, 11) is 0. The first-order valence-corrected chi connectivity index (χ1v) is 7.64. The van der Waals surface area contributed by atoms with Crippen molar-refractivity contribution in [1.29, 1.82) is 0 Å². The molecule has 0 saturated carbocycles. The Bertz CT molecular complexity index is 559. The van der Waals surface area contributed by atoms with Gasteiger partial charge in [0.2, 0.25) is 5.91 Å². The van der Waals surface area contributed by atoms with Gasteiger partial charge in [0.25, 0.3) is 0 Å². The number of benzene rings is 1. The van der Waals surface area contributed by atoms with Crippen LogP contribution < -0.4 is 10.6 Å². The van der Waals surface area contributed by atoms with Gasteiger partial charge in [-0.05, 0) is 19.9 Å². The normalized spacial score (nSPS) is 11.5. The SMILES string of the molecule is CCCNC(C)C(=O)Nc1nc(-c2ccccc2)cs1.Cl. The first-order valence-electron chi connectivity index (χ1n) is 6.76. The minimum absolute atomic E-state index is 0. The van der Waals surface area contributed by atoms with Gasteiger partial charge in [-0.2, -0.15) is 0 Å². The first kappa shape index (κ1) is 17.6. The van der Waals surface area contributed by atoms with Crippen molar-refractivity contribution in [3.63, 3.8) is 0 Å². The van der Waals surface area contributed by atoms with Crippen LogP contribution in [-0.4, -0.2) is 23.5 Å². The molecule has 6 heteroatoms. The van der Waals surface area contributed by atoms with Crippen LogP contribution in [0.3, 0.4) is 0 Å². The van der Waals surface area contributed by atoms with Crippen molar-refractivity contribution in [1.82, 2.24) is 10.3 Å². The van der Waals surface area contributed by atoms with Gasteiger partial charge in [0.15, 0.2) is 5.13 Å². The highest BCUT2D eigenvalue weighted by Gasteiger charge is 2.13. The molecule has 0 aliphatic carbocycles. The topological polar surface area (TPSA) is 54.0 Å². The summed E-state index contributed by atoms with van der Waals surface area (Å²) in [6.07, 6.45) is 1.01. The summed E-state index contributed by atoms with van der Waals surface area (Å²) in [6, 6.07) is 9.73. The number of carbonyl (C=O) groups excluding carboxylic acids is 1. The molecule has 2 rings (SSSR count). The zero-order chi connectivity index (χ0) is 14.4. The van der Waals surface area contributed by atoms with Gasteiger partial charge in [0.1, 0.15) is 0 Å². The van der Waals surface area contributed by atoms with E-state index in [-0.39, 0.29) is 24.4 Å². The lowest BCUT2D eigenvalue weighted by Gasteiger charge is -2.11. The van der Waals surface area contributed by atoms with Crippen LogP contribution in [0, 0.1) is 0 Å². The zero-order valence-electron chi connectivity index (χ0n) is 12.1. The molecule has 0 aliphatic heterocycles. The highest BCUT2D eigenvalue weighted by molar-refractivity contribution is 7.14. The molecule has 1 aromatic carbocycles. The van der Waals surface area contributed by atoms with Crippen molar-refractivity contribution in [3.8, 4) is 11.3 Å². The van der Waals surface area contributed by atoms with E-state index in [0.717, 1.165) is 24.2 Å². The number of nitrogens with one attached hydrogen (secondary N) is 2. The molecule has 0 spiro atoms. The molecule has 1 aromatic heterocycles. The fourth-order valence-electron chi connectivity index (χ4n) is 1.74. The smallest absolute Gasteiger partial charge is 0.243 e. The minimum Gasteiger partial charge on any atom is -0.306 e. The van der Waals surface area contributed by atoms with Gasteiger partial charge < -0.3 is 10.6 Å². The molecule has 0 aliphatic rings. The van der Waals surface area contributed by atoms with E-state index in [9.17, 15) is 4.79 Å². The molecule has 0 radical (unpaired) electrons. The first-order chi connectivity index (χ1) is 9.70. The summed E-state index contributed by atoms with van der Waals surface area (Å²) >= 11 is 1.44. The molecule has 2 aromatic rings. The summed E-state index contributed by atoms with van der Waals surface area (Å²) in [4.78, 5) is 16.4. The number of anilines is 1. The molecule has 1 atom stereocenters. The summed E-state index contributed by atoms with van der Waals surface area (Å²) in [5.74, 6) is -0.0487. The van der Waals surface area contributed by atoms with Gasteiger partial charge in [-0.1, -0.05) is 37.3 Å². The van der Waals surface area contributed by atoms with Crippen molar-refractivity contribution in [3.05, 3.63) is 35.7 Å². The largest absolute Gasteiger partial charge is 0.306 e. The lowest BCUT2D eigenvalue weighted by molar-refractivity contribution is -0.117. The van der Waals surface area contributed by atoms with Crippen LogP contribution in [0.2, 0.25) is 0 Å². The van der Waals surface area contributed by atoms with Crippen molar-refractivity contribution < 1.29 is 4.79 Å². The van der Waals surface area contributed by atoms with Gasteiger partial charge in [-0.3, -0.25) is 4.79 Å². The molecule has 114 valence electrons. The highest BCUT2D eigenvalue weighted by Crippen LogP contribution is 2.24. The number of amides is 1. The number of hydrogen-bond acceptors (Lipinski definition) is 4. The van der Waals surface area contributed by atoms with E-state index >= 15 is 0 Å². The lowest BCUT2D eigenvalue weighted by atomic mass is 10.2. The fourth-order valence-corrected chi connectivity index (χ4v) is 2.46. The Labute approximate surface area is 135 Å². The van der Waals surface area contributed by atoms with Crippen LogP contribution in [0.1, 0.15) is 20.3 Å². The average molecular weight is 326 g/mol. The molecule has 0 saturated heterocycles. The van der Waals surface area contributed by atoms with E-state index in [4.69, 9.17) is 0 Å². The summed E-state index contributed by atoms with van der Waals surface area (Å²) < 4.78 is 0. The van der Waals surface area contributed by atoms with E-state index in [1.807, 2.05) is 42.6 Å². The second-order valence-electron chi connectivity index (χ2n) is 4.57. The Morgan fingerprint density at radius 3 is 2.71 bits per heavy atom. The Kier molecular flexibility index (Phi) is 7.36. The second-order valence-corrected chi connectivity index (χ2v) is 5.43. The third-order valence-corrected chi connectivity index (χ3v) is 3.66. The lowest BCUT2D eigenvalue weighted by Crippen LogP contribution is -2.38. The number of halogens is 1. The number of rotatable bonds is 6. The monoisotopic (exact) mass is 325 g/mol. The van der Waals surface area contributed by atoms with Crippen LogP contribution in [0.15, 0.2) is 35.7 Å². The number of thiazole rings is 1. The minimum atomic E-state index is -0.209. The molecular weight excluding hydrogens is 306 g/mol. The molecule has 2 N–H and O–H groups in total. The summed E-state index contributed by atoms with van der Waals surface area (Å²) in [5.41, 5.74) is 1.95. The van der Waals surface area contributed by atoms with Crippen molar-refractivity contribution in [2.75, 3.05) is 11.9 Å². The molecule has 0 fully saturated rings. The van der Waals surface area contributed by atoms with Crippen molar-refractivity contribution in [2.45, 2.75) is 26.3 Å². The standard InChI is InChI=1S/C15H19N3OS.ClH/c1-3-9-16-11(2)14(19)18-15-17-13(10-20-15)12-7-5-4-6-8-12;/h4-8,10-11,16H,3,9H2,1-2H3,(H,17,18,19);1H. The Hall–Kier alpha value is -1.43. The van der Waals surface area contributed by atoms with Gasteiger partial charge >= 0.3 is 0 Å². The van der Waals surface area contributed by atoms with Crippen LogP contribution in [-0.2, 0) is 4.79 Å². The van der Waals surface area contributed by atoms with Gasteiger partial charge in [-0.15, -0.1) is 23.7 Å². The van der Waals surface area contributed by atoms with Gasteiger partial charge in [0.05, 0.1) is 11.7 Å². The average Bonchev–Trinajstić information content (AvgIpc) is 2.94. The number of hydrogen-bond donors (Lipinski definition) is 2. The maximum atomic E-state index is 12.0. The Morgan fingerprint density at radius 2 is 2.05 bits per heavy atom.